The molecule has 2 heterocycles. The molecule has 2 N–H and O–H groups in total. The Morgan fingerprint density at radius 2 is 2.31 bits per heavy atom. The van der Waals surface area contributed by atoms with Gasteiger partial charge in [0.05, 0.1) is 0 Å². The van der Waals surface area contributed by atoms with Crippen LogP contribution < -0.4 is 10.6 Å². The molecule has 0 amide bonds. The van der Waals surface area contributed by atoms with Crippen LogP contribution in [0.3, 0.4) is 0 Å². The van der Waals surface area contributed by atoms with Crippen LogP contribution in [-0.2, 0) is 6.42 Å². The maximum atomic E-state index is 4.63. The fraction of sp³-hybridized carbons (Fsp3) is 0.333. The summed E-state index contributed by atoms with van der Waals surface area (Å²) in [5.74, 6) is 2.03. The fourth-order valence-electron chi connectivity index (χ4n) is 1.18. The zero-order valence-corrected chi connectivity index (χ0v) is 8.84. The van der Waals surface area contributed by atoms with Crippen molar-refractivity contribution in [2.45, 2.75) is 6.42 Å². The third kappa shape index (κ3) is 2.66. The lowest BCUT2D eigenvalue weighted by Gasteiger charge is -2.04. The number of hydrogen-bond acceptors (Lipinski definition) is 7. The highest BCUT2D eigenvalue weighted by Crippen LogP contribution is 2.04. The molecule has 16 heavy (non-hydrogen) atoms. The van der Waals surface area contributed by atoms with Crippen molar-refractivity contribution in [1.82, 2.24) is 20.1 Å². The van der Waals surface area contributed by atoms with Gasteiger partial charge < -0.3 is 15.2 Å². The van der Waals surface area contributed by atoms with Crippen molar-refractivity contribution in [3.63, 3.8) is 0 Å². The number of aromatic nitrogens is 4. The molecule has 0 bridgehead atoms. The van der Waals surface area contributed by atoms with Gasteiger partial charge in [-0.3, -0.25) is 0 Å². The highest BCUT2D eigenvalue weighted by Gasteiger charge is 1.99. The quantitative estimate of drug-likeness (QED) is 0.760. The zero-order chi connectivity index (χ0) is 11.2. The van der Waals surface area contributed by atoms with Crippen LogP contribution in [0.4, 0.5) is 11.8 Å². The summed E-state index contributed by atoms with van der Waals surface area (Å²) in [6, 6.07) is 1.80. The van der Waals surface area contributed by atoms with Gasteiger partial charge in [0.15, 0.2) is 5.82 Å². The lowest BCUT2D eigenvalue weighted by Crippen LogP contribution is -2.08. The monoisotopic (exact) mass is 220 g/mol. The first-order chi connectivity index (χ1) is 7.88. The van der Waals surface area contributed by atoms with Crippen LogP contribution in [0.25, 0.3) is 0 Å². The van der Waals surface area contributed by atoms with Gasteiger partial charge in [-0.25, -0.2) is 4.98 Å². The first-order valence-corrected chi connectivity index (χ1v) is 4.88. The number of anilines is 2. The molecule has 0 spiro atoms. The second-order valence-electron chi connectivity index (χ2n) is 3.04. The summed E-state index contributed by atoms with van der Waals surface area (Å²) in [6.45, 7) is 0.694. The number of hydrogen-bond donors (Lipinski definition) is 2. The van der Waals surface area contributed by atoms with E-state index in [1.165, 1.54) is 6.39 Å². The number of nitrogens with zero attached hydrogens (tertiary/aromatic N) is 4. The van der Waals surface area contributed by atoms with Crippen molar-refractivity contribution in [2.24, 2.45) is 0 Å². The van der Waals surface area contributed by atoms with Crippen molar-refractivity contribution in [1.29, 1.82) is 0 Å². The molecule has 0 aromatic carbocycles. The third-order valence-electron chi connectivity index (χ3n) is 1.94. The SMILES string of the molecule is CNc1nccc(NCCc2ncon2)n1. The lowest BCUT2D eigenvalue weighted by atomic mass is 10.4. The minimum Gasteiger partial charge on any atom is -0.369 e. The van der Waals surface area contributed by atoms with Crippen LogP contribution in [0.5, 0.6) is 0 Å². The highest BCUT2D eigenvalue weighted by molar-refractivity contribution is 5.39. The second kappa shape index (κ2) is 5.06. The van der Waals surface area contributed by atoms with E-state index in [1.54, 1.807) is 19.3 Å². The first kappa shape index (κ1) is 10.3. The lowest BCUT2D eigenvalue weighted by molar-refractivity contribution is 0.410. The van der Waals surface area contributed by atoms with Crippen LogP contribution in [0.2, 0.25) is 0 Å². The van der Waals surface area contributed by atoms with Gasteiger partial charge in [-0.05, 0) is 6.07 Å². The fourth-order valence-corrected chi connectivity index (χ4v) is 1.18. The van der Waals surface area contributed by atoms with Crippen LogP contribution in [0.1, 0.15) is 5.82 Å². The Labute approximate surface area is 92.3 Å². The van der Waals surface area contributed by atoms with Crippen LogP contribution in [0.15, 0.2) is 23.2 Å². The molecule has 7 nitrogen and oxygen atoms in total. The maximum absolute atomic E-state index is 4.63. The molecule has 0 aliphatic heterocycles. The van der Waals surface area contributed by atoms with Gasteiger partial charge in [-0.15, -0.1) is 0 Å². The van der Waals surface area contributed by atoms with E-state index >= 15 is 0 Å². The molecule has 0 atom stereocenters. The average molecular weight is 220 g/mol. The molecule has 0 saturated carbocycles. The number of nitrogens with one attached hydrogen (secondary N) is 2. The van der Waals surface area contributed by atoms with Crippen molar-refractivity contribution < 1.29 is 4.52 Å². The summed E-state index contributed by atoms with van der Waals surface area (Å²) in [5, 5.41) is 9.72. The van der Waals surface area contributed by atoms with E-state index in [9.17, 15) is 0 Å². The predicted molar refractivity (Wildman–Crippen MR) is 58.1 cm³/mol. The van der Waals surface area contributed by atoms with Gasteiger partial charge in [0.25, 0.3) is 0 Å². The summed E-state index contributed by atoms with van der Waals surface area (Å²) in [4.78, 5) is 12.1. The Balaban J connectivity index is 1.85. The van der Waals surface area contributed by atoms with E-state index in [2.05, 4.69) is 35.3 Å². The Morgan fingerprint density at radius 1 is 1.38 bits per heavy atom. The van der Waals surface area contributed by atoms with E-state index in [1.807, 2.05) is 0 Å². The summed E-state index contributed by atoms with van der Waals surface area (Å²) in [6.07, 6.45) is 3.70. The van der Waals surface area contributed by atoms with Gasteiger partial charge in [0.1, 0.15) is 5.82 Å². The standard InChI is InChI=1S/C9H12N6O/c1-10-9-12-5-2-7(14-9)11-4-3-8-13-6-16-15-8/h2,5-6H,3-4H2,1H3,(H2,10,11,12,14). The summed E-state index contributed by atoms with van der Waals surface area (Å²) >= 11 is 0. The smallest absolute Gasteiger partial charge is 0.224 e. The van der Waals surface area contributed by atoms with Crippen LogP contribution in [0, 0.1) is 0 Å². The summed E-state index contributed by atoms with van der Waals surface area (Å²) in [5.41, 5.74) is 0. The Hall–Kier alpha value is -2.18. The van der Waals surface area contributed by atoms with E-state index in [-0.39, 0.29) is 0 Å². The molecule has 2 aromatic heterocycles. The average Bonchev–Trinajstić information content (AvgIpc) is 2.82. The molecule has 0 aliphatic carbocycles. The minimum absolute atomic E-state index is 0.588. The van der Waals surface area contributed by atoms with E-state index in [0.29, 0.717) is 24.7 Å². The minimum atomic E-state index is 0.588. The van der Waals surface area contributed by atoms with E-state index in [0.717, 1.165) is 5.82 Å². The van der Waals surface area contributed by atoms with Gasteiger partial charge in [0, 0.05) is 26.2 Å². The largest absolute Gasteiger partial charge is 0.369 e. The molecule has 2 rings (SSSR count). The van der Waals surface area contributed by atoms with Gasteiger partial charge >= 0.3 is 0 Å². The van der Waals surface area contributed by atoms with Gasteiger partial charge in [0.2, 0.25) is 12.3 Å². The van der Waals surface area contributed by atoms with Crippen molar-refractivity contribution >= 4 is 11.8 Å². The molecule has 0 unspecified atom stereocenters. The van der Waals surface area contributed by atoms with Gasteiger partial charge in [-0.1, -0.05) is 5.16 Å². The van der Waals surface area contributed by atoms with Crippen molar-refractivity contribution in [2.75, 3.05) is 24.2 Å². The Bertz CT molecular complexity index is 429. The highest BCUT2D eigenvalue weighted by atomic mass is 16.5. The zero-order valence-electron chi connectivity index (χ0n) is 8.84. The molecule has 84 valence electrons. The molecular weight excluding hydrogens is 208 g/mol. The normalized spacial score (nSPS) is 10.1. The van der Waals surface area contributed by atoms with E-state index < -0.39 is 0 Å². The predicted octanol–water partition coefficient (Wildman–Crippen LogP) is 0.556. The summed E-state index contributed by atoms with van der Waals surface area (Å²) < 4.78 is 4.63. The topological polar surface area (TPSA) is 88.8 Å². The summed E-state index contributed by atoms with van der Waals surface area (Å²) in [7, 11) is 1.78. The number of rotatable bonds is 5. The second-order valence-corrected chi connectivity index (χ2v) is 3.04. The molecule has 0 fully saturated rings. The molecular formula is C9H12N6O. The van der Waals surface area contributed by atoms with E-state index in [4.69, 9.17) is 0 Å². The van der Waals surface area contributed by atoms with Crippen LogP contribution in [-0.4, -0.2) is 33.7 Å². The maximum Gasteiger partial charge on any atom is 0.224 e. The van der Waals surface area contributed by atoms with Crippen molar-refractivity contribution in [3.05, 3.63) is 24.5 Å². The molecule has 0 saturated heterocycles. The third-order valence-corrected chi connectivity index (χ3v) is 1.94. The molecule has 0 aliphatic rings. The van der Waals surface area contributed by atoms with Crippen molar-refractivity contribution in [3.8, 4) is 0 Å². The van der Waals surface area contributed by atoms with Gasteiger partial charge in [-0.2, -0.15) is 9.97 Å². The Kier molecular flexibility index (Phi) is 3.27. The first-order valence-electron chi connectivity index (χ1n) is 4.88. The molecule has 0 radical (unpaired) electrons. The molecule has 7 heteroatoms. The Morgan fingerprint density at radius 3 is 3.06 bits per heavy atom. The van der Waals surface area contributed by atoms with Crippen LogP contribution >= 0.6 is 0 Å². The molecule has 2 aromatic rings.